The first-order chi connectivity index (χ1) is 14.1. The van der Waals surface area contributed by atoms with Crippen LogP contribution in [0.25, 0.3) is 11.3 Å². The number of para-hydroxylation sites is 1. The first-order valence-electron chi connectivity index (χ1n) is 10.4. The zero-order valence-electron chi connectivity index (χ0n) is 16.6. The standard InChI is InChI=1S/C22H26N4O3/c1-29-20-7-3-2-5-16(20)17-10-18(24-23-17)22(28)25-11-14-9-15(13-25)19-6-4-8-21(27)26(19)12-14/h2-3,5,7,10,14-15,19H,4,6,8-9,11-13H2,1H3,(H,23,24)/t14-,15-,19?/m0/s1. The zero-order chi connectivity index (χ0) is 20.0. The second-order valence-corrected chi connectivity index (χ2v) is 8.44. The summed E-state index contributed by atoms with van der Waals surface area (Å²) in [6.07, 6.45) is 3.83. The number of aromatic nitrogens is 2. The van der Waals surface area contributed by atoms with E-state index >= 15 is 0 Å². The summed E-state index contributed by atoms with van der Waals surface area (Å²) < 4.78 is 5.41. The summed E-state index contributed by atoms with van der Waals surface area (Å²) in [5, 5.41) is 7.27. The van der Waals surface area contributed by atoms with E-state index in [-0.39, 0.29) is 5.91 Å². The van der Waals surface area contributed by atoms with Crippen molar-refractivity contribution in [2.75, 3.05) is 26.7 Å². The highest BCUT2D eigenvalue weighted by Gasteiger charge is 2.45. The third kappa shape index (κ3) is 3.18. The Balaban J connectivity index is 1.34. The van der Waals surface area contributed by atoms with Gasteiger partial charge in [-0.05, 0) is 49.3 Å². The van der Waals surface area contributed by atoms with E-state index in [1.807, 2.05) is 29.2 Å². The second-order valence-electron chi connectivity index (χ2n) is 8.44. The van der Waals surface area contributed by atoms with Gasteiger partial charge in [-0.3, -0.25) is 14.7 Å². The molecule has 3 aliphatic rings. The van der Waals surface area contributed by atoms with Crippen LogP contribution < -0.4 is 4.74 Å². The minimum Gasteiger partial charge on any atom is -0.496 e. The van der Waals surface area contributed by atoms with Crippen LogP contribution in [0.5, 0.6) is 5.75 Å². The number of piperidine rings is 3. The van der Waals surface area contributed by atoms with Crippen molar-refractivity contribution >= 4 is 11.8 Å². The molecule has 3 aliphatic heterocycles. The summed E-state index contributed by atoms with van der Waals surface area (Å²) in [6, 6.07) is 9.76. The van der Waals surface area contributed by atoms with Crippen molar-refractivity contribution in [2.45, 2.75) is 31.7 Å². The lowest BCUT2D eigenvalue weighted by atomic mass is 9.76. The van der Waals surface area contributed by atoms with Gasteiger partial charge in [0.25, 0.3) is 5.91 Å². The minimum atomic E-state index is -0.0102. The molecule has 5 rings (SSSR count). The summed E-state index contributed by atoms with van der Waals surface area (Å²) in [5.74, 6) is 1.77. The second kappa shape index (κ2) is 7.21. The van der Waals surface area contributed by atoms with Gasteiger partial charge in [0.05, 0.1) is 12.8 Å². The summed E-state index contributed by atoms with van der Waals surface area (Å²) in [4.78, 5) is 29.6. The van der Waals surface area contributed by atoms with E-state index in [4.69, 9.17) is 4.74 Å². The number of likely N-dealkylation sites (tertiary alicyclic amines) is 1. The molecule has 3 fully saturated rings. The maximum Gasteiger partial charge on any atom is 0.271 e. The Morgan fingerprint density at radius 3 is 2.97 bits per heavy atom. The molecule has 0 saturated carbocycles. The molecule has 0 spiro atoms. The van der Waals surface area contributed by atoms with Crippen LogP contribution in [0.15, 0.2) is 30.3 Å². The Hall–Kier alpha value is -2.83. The number of benzene rings is 1. The van der Waals surface area contributed by atoms with Crippen molar-refractivity contribution in [1.29, 1.82) is 0 Å². The van der Waals surface area contributed by atoms with Crippen molar-refractivity contribution in [2.24, 2.45) is 11.8 Å². The molecule has 29 heavy (non-hydrogen) atoms. The molecule has 3 saturated heterocycles. The van der Waals surface area contributed by atoms with Crippen LogP contribution >= 0.6 is 0 Å². The Kier molecular flexibility index (Phi) is 4.53. The van der Waals surface area contributed by atoms with Crippen LogP contribution in [0.2, 0.25) is 0 Å². The van der Waals surface area contributed by atoms with Gasteiger partial charge in [0.15, 0.2) is 0 Å². The molecule has 0 aliphatic carbocycles. The summed E-state index contributed by atoms with van der Waals surface area (Å²) in [5.41, 5.74) is 2.06. The van der Waals surface area contributed by atoms with Gasteiger partial charge >= 0.3 is 0 Å². The van der Waals surface area contributed by atoms with Gasteiger partial charge in [-0.2, -0.15) is 5.10 Å². The van der Waals surface area contributed by atoms with Crippen LogP contribution in [0.3, 0.4) is 0 Å². The molecule has 4 heterocycles. The lowest BCUT2D eigenvalue weighted by Crippen LogP contribution is -2.61. The molecule has 1 aromatic heterocycles. The first kappa shape index (κ1) is 18.2. The largest absolute Gasteiger partial charge is 0.496 e. The Labute approximate surface area is 170 Å². The Bertz CT molecular complexity index is 940. The Morgan fingerprint density at radius 2 is 2.10 bits per heavy atom. The normalized spacial score (nSPS) is 26.2. The number of aromatic amines is 1. The van der Waals surface area contributed by atoms with Gasteiger partial charge in [0.1, 0.15) is 11.4 Å². The number of amides is 2. The predicted molar refractivity (Wildman–Crippen MR) is 107 cm³/mol. The number of ether oxygens (including phenoxy) is 1. The fourth-order valence-corrected chi connectivity index (χ4v) is 5.37. The maximum absolute atomic E-state index is 13.2. The highest BCUT2D eigenvalue weighted by molar-refractivity contribution is 5.93. The summed E-state index contributed by atoms with van der Waals surface area (Å²) in [6.45, 7) is 2.21. The van der Waals surface area contributed by atoms with Gasteiger partial charge in [0, 0.05) is 37.7 Å². The number of nitrogens with one attached hydrogen (secondary N) is 1. The number of methoxy groups -OCH3 is 1. The monoisotopic (exact) mass is 394 g/mol. The lowest BCUT2D eigenvalue weighted by Gasteiger charge is -2.52. The number of rotatable bonds is 3. The number of hydrogen-bond acceptors (Lipinski definition) is 4. The van der Waals surface area contributed by atoms with Crippen molar-refractivity contribution in [3.05, 3.63) is 36.0 Å². The number of hydrogen-bond donors (Lipinski definition) is 1. The number of fused-ring (bicyclic) bond motifs is 4. The molecule has 152 valence electrons. The van der Waals surface area contributed by atoms with Crippen LogP contribution in [0.4, 0.5) is 0 Å². The molecule has 2 bridgehead atoms. The number of H-pyrrole nitrogens is 1. The van der Waals surface area contributed by atoms with E-state index < -0.39 is 0 Å². The molecule has 7 nitrogen and oxygen atoms in total. The van der Waals surface area contributed by atoms with E-state index in [0.717, 1.165) is 37.1 Å². The average Bonchev–Trinajstić information content (AvgIpc) is 3.24. The van der Waals surface area contributed by atoms with Crippen molar-refractivity contribution in [1.82, 2.24) is 20.0 Å². The molecular weight excluding hydrogens is 368 g/mol. The molecule has 2 amide bonds. The van der Waals surface area contributed by atoms with Crippen LogP contribution in [0.1, 0.15) is 36.2 Å². The first-order valence-corrected chi connectivity index (χ1v) is 10.4. The summed E-state index contributed by atoms with van der Waals surface area (Å²) >= 11 is 0. The molecule has 1 unspecified atom stereocenters. The maximum atomic E-state index is 13.2. The fraction of sp³-hybridized carbons (Fsp3) is 0.500. The van der Waals surface area contributed by atoms with E-state index in [2.05, 4.69) is 15.1 Å². The van der Waals surface area contributed by atoms with Crippen LogP contribution in [-0.2, 0) is 4.79 Å². The zero-order valence-corrected chi connectivity index (χ0v) is 16.6. The third-order valence-electron chi connectivity index (χ3n) is 6.66. The molecule has 1 aromatic carbocycles. The van der Waals surface area contributed by atoms with E-state index in [0.29, 0.717) is 54.7 Å². The van der Waals surface area contributed by atoms with Gasteiger partial charge < -0.3 is 14.5 Å². The van der Waals surface area contributed by atoms with Crippen molar-refractivity contribution in [3.8, 4) is 17.0 Å². The molecule has 3 atom stereocenters. The summed E-state index contributed by atoms with van der Waals surface area (Å²) in [7, 11) is 1.63. The molecule has 7 heteroatoms. The Morgan fingerprint density at radius 1 is 1.24 bits per heavy atom. The van der Waals surface area contributed by atoms with Gasteiger partial charge in [-0.25, -0.2) is 0 Å². The molecule has 1 N–H and O–H groups in total. The topological polar surface area (TPSA) is 78.5 Å². The highest BCUT2D eigenvalue weighted by atomic mass is 16.5. The number of nitrogens with zero attached hydrogens (tertiary/aromatic N) is 3. The molecule has 0 radical (unpaired) electrons. The highest BCUT2D eigenvalue weighted by Crippen LogP contribution is 2.38. The van der Waals surface area contributed by atoms with Gasteiger partial charge in [0.2, 0.25) is 5.91 Å². The lowest BCUT2D eigenvalue weighted by molar-refractivity contribution is -0.144. The van der Waals surface area contributed by atoms with Gasteiger partial charge in [-0.1, -0.05) is 12.1 Å². The average molecular weight is 394 g/mol. The molecular formula is C22H26N4O3. The fourth-order valence-electron chi connectivity index (χ4n) is 5.37. The predicted octanol–water partition coefficient (Wildman–Crippen LogP) is 2.56. The van der Waals surface area contributed by atoms with Crippen LogP contribution in [-0.4, -0.2) is 64.6 Å². The minimum absolute atomic E-state index is 0.0102. The smallest absolute Gasteiger partial charge is 0.271 e. The number of carbonyl (C=O) groups is 2. The third-order valence-corrected chi connectivity index (χ3v) is 6.66. The van der Waals surface area contributed by atoms with E-state index in [1.54, 1.807) is 13.2 Å². The van der Waals surface area contributed by atoms with E-state index in [9.17, 15) is 9.59 Å². The van der Waals surface area contributed by atoms with Crippen LogP contribution in [0, 0.1) is 11.8 Å². The van der Waals surface area contributed by atoms with Crippen molar-refractivity contribution < 1.29 is 14.3 Å². The van der Waals surface area contributed by atoms with Gasteiger partial charge in [-0.15, -0.1) is 0 Å². The molecule has 2 aromatic rings. The van der Waals surface area contributed by atoms with Crippen molar-refractivity contribution in [3.63, 3.8) is 0 Å². The van der Waals surface area contributed by atoms with E-state index in [1.165, 1.54) is 0 Å². The quantitative estimate of drug-likeness (QED) is 0.868. The SMILES string of the molecule is COc1ccccc1-c1cc(C(=O)N2C[C@@H]3C[C@@H](C2)C2CCCC(=O)N2C3)[nH]n1. The number of carbonyl (C=O) groups excluding carboxylic acids is 2.